The van der Waals surface area contributed by atoms with E-state index in [1.165, 1.54) is 0 Å². The van der Waals surface area contributed by atoms with Gasteiger partial charge < -0.3 is 5.11 Å². The first-order valence-electron chi connectivity index (χ1n) is 11.7. The molecule has 2 N–H and O–H groups in total. The number of aliphatic hydroxyl groups excluding tert-OH is 1. The largest absolute Gasteiger partial charge is 0.392 e. The summed E-state index contributed by atoms with van der Waals surface area (Å²) in [5.41, 5.74) is 5.26. The fourth-order valence-corrected chi connectivity index (χ4v) is 4.29. The summed E-state index contributed by atoms with van der Waals surface area (Å²) in [4.78, 5) is 18.3. The second kappa shape index (κ2) is 11.7. The van der Waals surface area contributed by atoms with Crippen molar-refractivity contribution in [2.75, 3.05) is 0 Å². The van der Waals surface area contributed by atoms with E-state index in [9.17, 15) is 9.90 Å². The van der Waals surface area contributed by atoms with Gasteiger partial charge in [0.2, 0.25) is 0 Å². The minimum absolute atomic E-state index is 0. The number of aromatic nitrogens is 6. The molecule has 177 valence electrons. The van der Waals surface area contributed by atoms with E-state index in [2.05, 4.69) is 27.5 Å². The minimum atomic E-state index is -0.111. The number of aromatic amines is 1. The molecule has 2 heterocycles. The molecule has 0 saturated heterocycles. The zero-order valence-corrected chi connectivity index (χ0v) is 22.5. The molecule has 0 aliphatic carbocycles. The van der Waals surface area contributed by atoms with Crippen LogP contribution in [0.4, 0.5) is 0 Å². The molecule has 0 unspecified atom stereocenters. The van der Waals surface area contributed by atoms with Crippen molar-refractivity contribution in [2.24, 2.45) is 0 Å². The number of hydrogen-bond acceptors (Lipinski definition) is 6. The number of aliphatic hydroxyl groups is 1. The van der Waals surface area contributed by atoms with E-state index in [0.29, 0.717) is 28.8 Å². The van der Waals surface area contributed by atoms with Gasteiger partial charge >= 0.3 is 0 Å². The molecule has 0 bridgehead atoms. The van der Waals surface area contributed by atoms with Crippen molar-refractivity contribution in [3.05, 3.63) is 94.0 Å². The quantitative estimate of drug-likeness (QED) is 0.321. The first kappa shape index (κ1) is 25.9. The van der Waals surface area contributed by atoms with Crippen LogP contribution in [0.2, 0.25) is 0 Å². The van der Waals surface area contributed by atoms with Crippen LogP contribution < -0.4 is 5.56 Å². The normalized spacial score (nSPS) is 10.9. The Morgan fingerprint density at radius 2 is 1.72 bits per heavy atom. The van der Waals surface area contributed by atoms with Crippen molar-refractivity contribution in [3.63, 3.8) is 0 Å². The van der Waals surface area contributed by atoms with Gasteiger partial charge in [-0.3, -0.25) is 9.36 Å². The molecule has 2 aromatic heterocycles. The number of unbranched alkanes of at least 4 members (excludes halogenated alkanes) is 1. The van der Waals surface area contributed by atoms with Crippen LogP contribution in [0.25, 0.3) is 33.4 Å². The SMILES string of the molecule is CCCCc1nc2ccc(CO)cc2c(=O)n1Cc1ccc(-c2ccccc2-c2nnn[nH]2)cc1.[Na]. The van der Waals surface area contributed by atoms with Gasteiger partial charge in [-0.05, 0) is 51.2 Å². The summed E-state index contributed by atoms with van der Waals surface area (Å²) < 4.78 is 1.77. The standard InChI is InChI=1S/C27H26N6O2.Na/c1-2-3-8-25-28-24-14-11-19(17-34)15-23(24)27(35)33(25)16-18-9-12-20(13-10-18)21-6-4-5-7-22(21)26-29-31-32-30-26;/h4-7,9-15,34H,2-3,8,16-17H2,1H3,(H,29,30,31,32);. The van der Waals surface area contributed by atoms with Crippen LogP contribution in [0.5, 0.6) is 0 Å². The third-order valence-corrected chi connectivity index (χ3v) is 6.17. The molecular formula is C27H26N6NaO2. The predicted octanol–water partition coefficient (Wildman–Crippen LogP) is 3.75. The third-order valence-electron chi connectivity index (χ3n) is 6.17. The van der Waals surface area contributed by atoms with Gasteiger partial charge in [0.1, 0.15) is 5.82 Å². The number of nitrogens with zero attached hydrogens (tertiary/aromatic N) is 5. The minimum Gasteiger partial charge on any atom is -0.392 e. The van der Waals surface area contributed by atoms with Gasteiger partial charge in [-0.25, -0.2) is 10.1 Å². The molecule has 1 radical (unpaired) electrons. The zero-order chi connectivity index (χ0) is 24.2. The third kappa shape index (κ3) is 5.32. The smallest absolute Gasteiger partial charge is 0.261 e. The summed E-state index contributed by atoms with van der Waals surface area (Å²) in [6.45, 7) is 2.45. The van der Waals surface area contributed by atoms with Gasteiger partial charge in [0.25, 0.3) is 5.56 Å². The van der Waals surface area contributed by atoms with E-state index in [4.69, 9.17) is 4.98 Å². The van der Waals surface area contributed by atoms with Crippen molar-refractivity contribution in [2.45, 2.75) is 39.3 Å². The second-order valence-corrected chi connectivity index (χ2v) is 8.52. The first-order valence-corrected chi connectivity index (χ1v) is 11.7. The maximum atomic E-state index is 13.5. The average Bonchev–Trinajstić information content (AvgIpc) is 3.44. The summed E-state index contributed by atoms with van der Waals surface area (Å²) >= 11 is 0. The first-order chi connectivity index (χ1) is 17.2. The fourth-order valence-electron chi connectivity index (χ4n) is 4.29. The molecule has 0 aliphatic rings. The molecule has 0 spiro atoms. The Balaban J connectivity index is 0.00000304. The number of fused-ring (bicyclic) bond motifs is 1. The van der Waals surface area contributed by atoms with Crippen LogP contribution in [0.15, 0.2) is 71.5 Å². The van der Waals surface area contributed by atoms with Crippen LogP contribution in [0.1, 0.15) is 36.7 Å². The van der Waals surface area contributed by atoms with Gasteiger partial charge in [0, 0.05) is 41.5 Å². The molecule has 5 rings (SSSR count). The molecule has 3 aromatic carbocycles. The van der Waals surface area contributed by atoms with Gasteiger partial charge in [-0.2, -0.15) is 0 Å². The van der Waals surface area contributed by atoms with E-state index in [0.717, 1.165) is 47.3 Å². The number of benzene rings is 3. The van der Waals surface area contributed by atoms with Gasteiger partial charge in [0.05, 0.1) is 24.1 Å². The van der Waals surface area contributed by atoms with E-state index in [1.807, 2.05) is 60.7 Å². The summed E-state index contributed by atoms with van der Waals surface area (Å²) in [5.74, 6) is 1.40. The molecule has 9 heteroatoms. The van der Waals surface area contributed by atoms with Crippen LogP contribution in [-0.2, 0) is 19.6 Å². The molecule has 0 aliphatic heterocycles. The Morgan fingerprint density at radius 3 is 2.42 bits per heavy atom. The summed E-state index contributed by atoms with van der Waals surface area (Å²) in [6, 6.07) is 21.5. The van der Waals surface area contributed by atoms with Crippen molar-refractivity contribution in [1.82, 2.24) is 30.2 Å². The molecular weight excluding hydrogens is 463 g/mol. The number of rotatable bonds is 8. The molecule has 0 atom stereocenters. The Kier molecular flexibility index (Phi) is 8.43. The van der Waals surface area contributed by atoms with Gasteiger partial charge in [-0.1, -0.05) is 67.9 Å². The Labute approximate surface area is 230 Å². The Bertz CT molecular complexity index is 1510. The number of nitrogens with one attached hydrogen (secondary N) is 1. The van der Waals surface area contributed by atoms with E-state index >= 15 is 0 Å². The van der Waals surface area contributed by atoms with Crippen LogP contribution in [0, 0.1) is 0 Å². The maximum absolute atomic E-state index is 13.5. The monoisotopic (exact) mass is 489 g/mol. The summed E-state index contributed by atoms with van der Waals surface area (Å²) in [7, 11) is 0. The molecule has 0 fully saturated rings. The van der Waals surface area contributed by atoms with Gasteiger partial charge in [0.15, 0.2) is 5.82 Å². The molecule has 36 heavy (non-hydrogen) atoms. The maximum Gasteiger partial charge on any atom is 0.261 e. The number of aryl methyl sites for hydroxylation is 1. The van der Waals surface area contributed by atoms with Gasteiger partial charge in [-0.15, -0.1) is 5.10 Å². The van der Waals surface area contributed by atoms with E-state index in [-0.39, 0.29) is 41.7 Å². The molecule has 0 saturated carbocycles. The van der Waals surface area contributed by atoms with Crippen LogP contribution >= 0.6 is 0 Å². The zero-order valence-electron chi connectivity index (χ0n) is 20.5. The molecule has 8 nitrogen and oxygen atoms in total. The number of H-pyrrole nitrogens is 1. The van der Waals surface area contributed by atoms with E-state index in [1.54, 1.807) is 10.6 Å². The molecule has 0 amide bonds. The Morgan fingerprint density at radius 1 is 0.972 bits per heavy atom. The summed E-state index contributed by atoms with van der Waals surface area (Å²) in [5, 5.41) is 24.3. The summed E-state index contributed by atoms with van der Waals surface area (Å²) in [6.07, 6.45) is 2.71. The fraction of sp³-hybridized carbons (Fsp3) is 0.222. The van der Waals surface area contributed by atoms with Crippen molar-refractivity contribution >= 4 is 40.5 Å². The van der Waals surface area contributed by atoms with E-state index < -0.39 is 0 Å². The number of hydrogen-bond donors (Lipinski definition) is 2. The average molecular weight is 490 g/mol. The van der Waals surface area contributed by atoms with Crippen molar-refractivity contribution in [1.29, 1.82) is 0 Å². The second-order valence-electron chi connectivity index (χ2n) is 8.52. The Hall–Kier alpha value is -3.17. The van der Waals surface area contributed by atoms with Crippen molar-refractivity contribution < 1.29 is 5.11 Å². The van der Waals surface area contributed by atoms with Crippen LogP contribution in [0.3, 0.4) is 0 Å². The molecule has 5 aromatic rings. The topological polar surface area (TPSA) is 110 Å². The van der Waals surface area contributed by atoms with Crippen molar-refractivity contribution in [3.8, 4) is 22.5 Å². The van der Waals surface area contributed by atoms with Crippen LogP contribution in [-0.4, -0.2) is 64.8 Å². The predicted molar refractivity (Wildman–Crippen MR) is 140 cm³/mol. The number of tetrazole rings is 1.